The highest BCUT2D eigenvalue weighted by Gasteiger charge is 2.09. The van der Waals surface area contributed by atoms with E-state index in [1.807, 2.05) is 6.92 Å². The lowest BCUT2D eigenvalue weighted by molar-refractivity contribution is -0.316. The molecule has 4 nitrogen and oxygen atoms in total. The minimum atomic E-state index is -1.01. The van der Waals surface area contributed by atoms with Gasteiger partial charge in [-0.3, -0.25) is 9.78 Å². The summed E-state index contributed by atoms with van der Waals surface area (Å²) < 4.78 is 0. The Morgan fingerprint density at radius 3 is 1.94 bits per heavy atom. The second-order valence-electron chi connectivity index (χ2n) is 4.55. The molecule has 1 heterocycles. The lowest BCUT2D eigenvalue weighted by Crippen LogP contribution is -2.35. The third-order valence-electron chi connectivity index (χ3n) is 1.94. The van der Waals surface area contributed by atoms with E-state index in [1.54, 1.807) is 45.3 Å². The Balaban J connectivity index is 0.000000325. The van der Waals surface area contributed by atoms with Crippen LogP contribution in [0.25, 0.3) is 0 Å². The predicted molar refractivity (Wildman–Crippen MR) is 63.3 cm³/mol. The molecule has 0 atom stereocenters. The van der Waals surface area contributed by atoms with Crippen LogP contribution in [0.15, 0.2) is 24.5 Å². The SMILES string of the molecule is CC(C)(C)C(=O)[O-].CCC(=O)c1ccncc1. The van der Waals surface area contributed by atoms with Gasteiger partial charge in [0.05, 0.1) is 0 Å². The zero-order chi connectivity index (χ0) is 13.5. The largest absolute Gasteiger partial charge is 0.550 e. The number of aromatic nitrogens is 1. The molecule has 1 rings (SSSR count). The van der Waals surface area contributed by atoms with Crippen LogP contribution in [0.2, 0.25) is 0 Å². The van der Waals surface area contributed by atoms with Gasteiger partial charge >= 0.3 is 0 Å². The van der Waals surface area contributed by atoms with Crippen LogP contribution in [0.1, 0.15) is 44.5 Å². The van der Waals surface area contributed by atoms with Crippen molar-refractivity contribution in [1.82, 2.24) is 4.98 Å². The Kier molecular flexibility index (Phi) is 6.10. The van der Waals surface area contributed by atoms with Crippen molar-refractivity contribution in [3.8, 4) is 0 Å². The Morgan fingerprint density at radius 1 is 1.24 bits per heavy atom. The summed E-state index contributed by atoms with van der Waals surface area (Å²) in [6.07, 6.45) is 3.82. The van der Waals surface area contributed by atoms with Crippen molar-refractivity contribution in [3.05, 3.63) is 30.1 Å². The van der Waals surface area contributed by atoms with Crippen LogP contribution >= 0.6 is 0 Å². The number of Topliss-reactive ketones (excluding diaryl/α,β-unsaturated/α-hetero) is 1. The van der Waals surface area contributed by atoms with E-state index in [2.05, 4.69) is 4.98 Å². The molecule has 0 bridgehead atoms. The first-order valence-corrected chi connectivity index (χ1v) is 5.43. The summed E-state index contributed by atoms with van der Waals surface area (Å²) in [4.78, 5) is 24.7. The quantitative estimate of drug-likeness (QED) is 0.729. The number of pyridine rings is 1. The second-order valence-corrected chi connectivity index (χ2v) is 4.55. The van der Waals surface area contributed by atoms with Gasteiger partial charge in [0.2, 0.25) is 0 Å². The Hall–Kier alpha value is -1.71. The van der Waals surface area contributed by atoms with Crippen LogP contribution in [0.3, 0.4) is 0 Å². The zero-order valence-electron chi connectivity index (χ0n) is 10.7. The van der Waals surface area contributed by atoms with Gasteiger partial charge in [-0.2, -0.15) is 0 Å². The van der Waals surface area contributed by atoms with Crippen LogP contribution < -0.4 is 5.11 Å². The van der Waals surface area contributed by atoms with Crippen molar-refractivity contribution < 1.29 is 14.7 Å². The van der Waals surface area contributed by atoms with Gasteiger partial charge in [-0.1, -0.05) is 27.7 Å². The zero-order valence-corrected chi connectivity index (χ0v) is 10.7. The third kappa shape index (κ3) is 6.45. The summed E-state index contributed by atoms with van der Waals surface area (Å²) in [6, 6.07) is 3.46. The summed E-state index contributed by atoms with van der Waals surface area (Å²) in [5.74, 6) is -0.838. The lowest BCUT2D eigenvalue weighted by atomic mass is 9.98. The van der Waals surface area contributed by atoms with Gasteiger partial charge in [0.1, 0.15) is 0 Å². The molecule has 0 amide bonds. The van der Waals surface area contributed by atoms with Gasteiger partial charge in [-0.25, -0.2) is 0 Å². The van der Waals surface area contributed by atoms with Crippen LogP contribution in [0.4, 0.5) is 0 Å². The summed E-state index contributed by atoms with van der Waals surface area (Å²) in [5, 5.41) is 9.91. The number of ketones is 1. The number of hydrogen-bond donors (Lipinski definition) is 0. The van der Waals surface area contributed by atoms with Crippen LogP contribution in [0, 0.1) is 5.41 Å². The first-order chi connectivity index (χ1) is 7.79. The van der Waals surface area contributed by atoms with E-state index in [0.29, 0.717) is 6.42 Å². The Bertz CT molecular complexity index is 366. The molecule has 0 spiro atoms. The van der Waals surface area contributed by atoms with Gasteiger partial charge < -0.3 is 9.90 Å². The van der Waals surface area contributed by atoms with Gasteiger partial charge in [-0.05, 0) is 12.1 Å². The van der Waals surface area contributed by atoms with E-state index in [9.17, 15) is 14.7 Å². The lowest BCUT2D eigenvalue weighted by Gasteiger charge is -2.18. The standard InChI is InChI=1S/C8H9NO.C5H10O2/c1-2-8(10)7-3-5-9-6-4-7;1-5(2,3)4(6)7/h3-6H,2H2,1H3;1-3H3,(H,6,7)/p-1. The smallest absolute Gasteiger partial charge is 0.162 e. The normalized spacial score (nSPS) is 10.1. The number of rotatable bonds is 2. The Morgan fingerprint density at radius 2 is 1.65 bits per heavy atom. The molecule has 0 N–H and O–H groups in total. The topological polar surface area (TPSA) is 70.1 Å². The molecule has 0 aliphatic heterocycles. The molecule has 0 aliphatic carbocycles. The molecular formula is C13H18NO3-. The maximum atomic E-state index is 11.0. The molecule has 0 aromatic carbocycles. The predicted octanol–water partition coefficient (Wildman–Crippen LogP) is 1.46. The van der Waals surface area contributed by atoms with Crippen molar-refractivity contribution in [3.63, 3.8) is 0 Å². The van der Waals surface area contributed by atoms with Gasteiger partial charge in [-0.15, -0.1) is 0 Å². The molecule has 17 heavy (non-hydrogen) atoms. The number of carboxylic acid groups (broad SMARTS) is 1. The molecular weight excluding hydrogens is 218 g/mol. The molecule has 4 heteroatoms. The van der Waals surface area contributed by atoms with Gasteiger partial charge in [0.25, 0.3) is 0 Å². The molecule has 0 unspecified atom stereocenters. The summed E-state index contributed by atoms with van der Waals surface area (Å²) >= 11 is 0. The van der Waals surface area contributed by atoms with Crippen molar-refractivity contribution in [2.24, 2.45) is 5.41 Å². The maximum absolute atomic E-state index is 11.0. The van der Waals surface area contributed by atoms with E-state index in [-0.39, 0.29) is 5.78 Å². The number of nitrogens with zero attached hydrogens (tertiary/aromatic N) is 1. The fourth-order valence-corrected chi connectivity index (χ4v) is 0.742. The van der Waals surface area contributed by atoms with Crippen molar-refractivity contribution in [2.75, 3.05) is 0 Å². The fourth-order valence-electron chi connectivity index (χ4n) is 0.742. The Labute approximate surface area is 102 Å². The number of carbonyl (C=O) groups excluding carboxylic acids is 2. The molecule has 94 valence electrons. The van der Waals surface area contributed by atoms with Crippen molar-refractivity contribution in [1.29, 1.82) is 0 Å². The molecule has 0 aliphatic rings. The van der Waals surface area contributed by atoms with E-state index < -0.39 is 11.4 Å². The highest BCUT2D eigenvalue weighted by Crippen LogP contribution is 2.09. The molecule has 1 aromatic heterocycles. The van der Waals surface area contributed by atoms with Crippen molar-refractivity contribution in [2.45, 2.75) is 34.1 Å². The molecule has 0 saturated carbocycles. The first-order valence-electron chi connectivity index (χ1n) is 5.43. The fraction of sp³-hybridized carbons (Fsp3) is 0.462. The van der Waals surface area contributed by atoms with Crippen LogP contribution in [0.5, 0.6) is 0 Å². The number of aliphatic carboxylic acids is 1. The minimum absolute atomic E-state index is 0.169. The number of carbonyl (C=O) groups is 2. The molecule has 0 radical (unpaired) electrons. The monoisotopic (exact) mass is 236 g/mol. The molecule has 1 aromatic rings. The van der Waals surface area contributed by atoms with E-state index in [0.717, 1.165) is 5.56 Å². The van der Waals surface area contributed by atoms with Crippen LogP contribution in [-0.4, -0.2) is 16.7 Å². The average Bonchev–Trinajstić information content (AvgIpc) is 2.28. The average molecular weight is 236 g/mol. The summed E-state index contributed by atoms with van der Waals surface area (Å²) in [7, 11) is 0. The second kappa shape index (κ2) is 6.78. The summed E-state index contributed by atoms with van der Waals surface area (Å²) in [5.41, 5.74) is 0.0532. The van der Waals surface area contributed by atoms with E-state index in [1.165, 1.54) is 0 Å². The van der Waals surface area contributed by atoms with E-state index in [4.69, 9.17) is 0 Å². The van der Waals surface area contributed by atoms with Crippen LogP contribution in [-0.2, 0) is 4.79 Å². The summed E-state index contributed by atoms with van der Waals surface area (Å²) in [6.45, 7) is 6.65. The minimum Gasteiger partial charge on any atom is -0.550 e. The molecule has 0 saturated heterocycles. The van der Waals surface area contributed by atoms with Gasteiger partial charge in [0, 0.05) is 35.8 Å². The first kappa shape index (κ1) is 15.3. The molecule has 0 fully saturated rings. The third-order valence-corrected chi connectivity index (χ3v) is 1.94. The maximum Gasteiger partial charge on any atom is 0.162 e. The van der Waals surface area contributed by atoms with Gasteiger partial charge in [0.15, 0.2) is 5.78 Å². The number of carboxylic acids is 1. The number of hydrogen-bond acceptors (Lipinski definition) is 4. The van der Waals surface area contributed by atoms with E-state index >= 15 is 0 Å². The highest BCUT2D eigenvalue weighted by atomic mass is 16.4. The highest BCUT2D eigenvalue weighted by molar-refractivity contribution is 5.95. The van der Waals surface area contributed by atoms with Crippen molar-refractivity contribution >= 4 is 11.8 Å².